The van der Waals surface area contributed by atoms with Gasteiger partial charge in [-0.2, -0.15) is 4.98 Å². The van der Waals surface area contributed by atoms with Crippen LogP contribution in [0.25, 0.3) is 0 Å². The van der Waals surface area contributed by atoms with Crippen LogP contribution in [-0.4, -0.2) is 16.5 Å². The van der Waals surface area contributed by atoms with Gasteiger partial charge in [0.15, 0.2) is 0 Å². The summed E-state index contributed by atoms with van der Waals surface area (Å²) < 4.78 is 0. The van der Waals surface area contributed by atoms with Crippen molar-refractivity contribution >= 4 is 29.1 Å². The molecule has 0 saturated carbocycles. The second kappa shape index (κ2) is 6.73. The molecule has 0 radical (unpaired) electrons. The highest BCUT2D eigenvalue weighted by atomic mass is 35.5. The lowest BCUT2D eigenvalue weighted by Gasteiger charge is -2.36. The lowest BCUT2D eigenvalue weighted by Crippen LogP contribution is -2.34. The highest BCUT2D eigenvalue weighted by Crippen LogP contribution is 2.32. The van der Waals surface area contributed by atoms with Crippen molar-refractivity contribution in [3.63, 3.8) is 0 Å². The molecule has 1 N–H and O–H groups in total. The van der Waals surface area contributed by atoms with E-state index in [0.717, 1.165) is 24.5 Å². The van der Waals surface area contributed by atoms with Gasteiger partial charge < -0.3 is 10.2 Å². The molecule has 5 heteroatoms. The van der Waals surface area contributed by atoms with Crippen LogP contribution in [0.5, 0.6) is 0 Å². The Morgan fingerprint density at radius 2 is 2.00 bits per heavy atom. The number of fused-ring (bicyclic) bond motifs is 1. The van der Waals surface area contributed by atoms with Crippen molar-refractivity contribution in [2.75, 3.05) is 16.8 Å². The third-order valence-electron chi connectivity index (χ3n) is 4.61. The average Bonchev–Trinajstić information content (AvgIpc) is 2.62. The van der Waals surface area contributed by atoms with Gasteiger partial charge in [0.25, 0.3) is 0 Å². The summed E-state index contributed by atoms with van der Waals surface area (Å²) in [4.78, 5) is 11.4. The van der Waals surface area contributed by atoms with Crippen molar-refractivity contribution in [1.82, 2.24) is 9.97 Å². The van der Waals surface area contributed by atoms with Crippen LogP contribution >= 0.6 is 11.6 Å². The van der Waals surface area contributed by atoms with Crippen molar-refractivity contribution in [3.05, 3.63) is 76.9 Å². The first-order valence-electron chi connectivity index (χ1n) is 8.41. The fourth-order valence-electron chi connectivity index (χ4n) is 3.35. The van der Waals surface area contributed by atoms with Crippen LogP contribution in [0.15, 0.2) is 60.8 Å². The highest BCUT2D eigenvalue weighted by Gasteiger charge is 2.24. The maximum Gasteiger partial charge on any atom is 0.229 e. The number of hydrogen-bond acceptors (Lipinski definition) is 4. The van der Waals surface area contributed by atoms with Crippen molar-refractivity contribution in [2.24, 2.45) is 0 Å². The molecule has 0 spiro atoms. The fraction of sp³-hybridized carbons (Fsp3) is 0.200. The molecule has 0 amide bonds. The normalized spacial score (nSPS) is 16.4. The summed E-state index contributed by atoms with van der Waals surface area (Å²) in [5, 5.41) is 3.91. The molecule has 1 aromatic heterocycles. The molecular formula is C20H19ClN4. The van der Waals surface area contributed by atoms with E-state index in [4.69, 9.17) is 16.6 Å². The van der Waals surface area contributed by atoms with Crippen LogP contribution in [0.2, 0.25) is 5.02 Å². The van der Waals surface area contributed by atoms with Crippen LogP contribution in [0.1, 0.15) is 24.1 Å². The first-order valence-corrected chi connectivity index (χ1v) is 8.78. The molecule has 4 nitrogen and oxygen atoms in total. The number of rotatable bonds is 3. The first-order chi connectivity index (χ1) is 12.2. The molecule has 1 aliphatic rings. The summed E-state index contributed by atoms with van der Waals surface area (Å²) >= 11 is 6.04. The summed E-state index contributed by atoms with van der Waals surface area (Å²) in [6.07, 6.45) is 2.82. The fourth-order valence-corrected chi connectivity index (χ4v) is 3.54. The predicted molar refractivity (Wildman–Crippen MR) is 103 cm³/mol. The molecule has 0 unspecified atom stereocenters. The number of nitrogens with zero attached hydrogens (tertiary/aromatic N) is 3. The zero-order valence-electron chi connectivity index (χ0n) is 14.0. The number of hydrogen-bond donors (Lipinski definition) is 1. The summed E-state index contributed by atoms with van der Waals surface area (Å²) in [5.41, 5.74) is 3.68. The Morgan fingerprint density at radius 3 is 2.88 bits per heavy atom. The molecule has 3 aromatic rings. The SMILES string of the molecule is C[C@@H]1c2ccccc2CCN1c1ccnc(Nc2cccc(Cl)c2)n1. The lowest BCUT2D eigenvalue weighted by molar-refractivity contribution is 0.617. The molecule has 1 atom stereocenters. The number of benzene rings is 2. The third-order valence-corrected chi connectivity index (χ3v) is 4.85. The van der Waals surface area contributed by atoms with Crippen molar-refractivity contribution in [2.45, 2.75) is 19.4 Å². The van der Waals surface area contributed by atoms with Gasteiger partial charge in [0.2, 0.25) is 5.95 Å². The van der Waals surface area contributed by atoms with Gasteiger partial charge in [0.1, 0.15) is 5.82 Å². The minimum atomic E-state index is 0.291. The van der Waals surface area contributed by atoms with Crippen LogP contribution < -0.4 is 10.2 Å². The van der Waals surface area contributed by atoms with E-state index < -0.39 is 0 Å². The summed E-state index contributed by atoms with van der Waals surface area (Å²) in [6, 6.07) is 18.4. The van der Waals surface area contributed by atoms with Gasteiger partial charge in [-0.15, -0.1) is 0 Å². The van der Waals surface area contributed by atoms with E-state index in [2.05, 4.69) is 46.4 Å². The summed E-state index contributed by atoms with van der Waals surface area (Å²) in [5.74, 6) is 1.51. The van der Waals surface area contributed by atoms with Crippen molar-refractivity contribution in [3.8, 4) is 0 Å². The Labute approximate surface area is 152 Å². The van der Waals surface area contributed by atoms with E-state index in [1.807, 2.05) is 30.3 Å². The molecule has 25 heavy (non-hydrogen) atoms. The Bertz CT molecular complexity index is 896. The number of nitrogens with one attached hydrogen (secondary N) is 1. The Morgan fingerprint density at radius 1 is 1.12 bits per heavy atom. The summed E-state index contributed by atoms with van der Waals surface area (Å²) in [7, 11) is 0. The number of halogens is 1. The van der Waals surface area contributed by atoms with E-state index in [0.29, 0.717) is 17.0 Å². The predicted octanol–water partition coefficient (Wildman–Crippen LogP) is 5.00. The maximum atomic E-state index is 6.04. The Hall–Kier alpha value is -2.59. The first kappa shape index (κ1) is 15.9. The zero-order valence-corrected chi connectivity index (χ0v) is 14.7. The van der Waals surface area contributed by atoms with Gasteiger partial charge in [0, 0.05) is 23.5 Å². The highest BCUT2D eigenvalue weighted by molar-refractivity contribution is 6.30. The van der Waals surface area contributed by atoms with Crippen LogP contribution in [0.3, 0.4) is 0 Å². The molecule has 0 aliphatic carbocycles. The Kier molecular flexibility index (Phi) is 4.28. The smallest absolute Gasteiger partial charge is 0.229 e. The third kappa shape index (κ3) is 3.30. The quantitative estimate of drug-likeness (QED) is 0.721. The second-order valence-corrected chi connectivity index (χ2v) is 6.63. The van der Waals surface area contributed by atoms with Gasteiger partial charge in [-0.25, -0.2) is 4.98 Å². The largest absolute Gasteiger partial charge is 0.349 e. The van der Waals surface area contributed by atoms with Crippen LogP contribution in [0, 0.1) is 0 Å². The summed E-state index contributed by atoms with van der Waals surface area (Å²) in [6.45, 7) is 3.18. The average molecular weight is 351 g/mol. The molecule has 126 valence electrons. The Balaban J connectivity index is 1.60. The second-order valence-electron chi connectivity index (χ2n) is 6.19. The molecule has 2 heterocycles. The zero-order chi connectivity index (χ0) is 17.2. The van der Waals surface area contributed by atoms with E-state index >= 15 is 0 Å². The molecule has 4 rings (SSSR count). The molecular weight excluding hydrogens is 332 g/mol. The van der Waals surface area contributed by atoms with Gasteiger partial charge >= 0.3 is 0 Å². The molecule has 1 aliphatic heterocycles. The number of anilines is 3. The number of aromatic nitrogens is 2. The molecule has 2 aromatic carbocycles. The topological polar surface area (TPSA) is 41.1 Å². The van der Waals surface area contributed by atoms with Crippen molar-refractivity contribution < 1.29 is 0 Å². The monoisotopic (exact) mass is 350 g/mol. The standard InChI is InChI=1S/C20H19ClN4/c1-14-18-8-3-2-5-15(18)10-12-25(14)19-9-11-22-20(24-19)23-17-7-4-6-16(21)13-17/h2-9,11,13-14H,10,12H2,1H3,(H,22,23,24)/t14-/m1/s1. The maximum absolute atomic E-state index is 6.04. The minimum Gasteiger partial charge on any atom is -0.349 e. The van der Waals surface area contributed by atoms with Gasteiger partial charge in [-0.3, -0.25) is 0 Å². The van der Waals surface area contributed by atoms with E-state index in [1.54, 1.807) is 6.20 Å². The van der Waals surface area contributed by atoms with Crippen LogP contribution in [-0.2, 0) is 6.42 Å². The van der Waals surface area contributed by atoms with Gasteiger partial charge in [-0.05, 0) is 48.7 Å². The van der Waals surface area contributed by atoms with Gasteiger partial charge in [0.05, 0.1) is 6.04 Å². The van der Waals surface area contributed by atoms with Crippen molar-refractivity contribution in [1.29, 1.82) is 0 Å². The van der Waals surface area contributed by atoms with E-state index in [9.17, 15) is 0 Å². The lowest BCUT2D eigenvalue weighted by atomic mass is 9.94. The minimum absolute atomic E-state index is 0.291. The van der Waals surface area contributed by atoms with Crippen LogP contribution in [0.4, 0.5) is 17.5 Å². The molecule has 0 saturated heterocycles. The molecule has 0 bridgehead atoms. The van der Waals surface area contributed by atoms with Gasteiger partial charge in [-0.1, -0.05) is 41.9 Å². The van der Waals surface area contributed by atoms with E-state index in [-0.39, 0.29) is 0 Å². The van der Waals surface area contributed by atoms with E-state index in [1.165, 1.54) is 11.1 Å². The molecule has 0 fully saturated rings.